The second-order valence-corrected chi connectivity index (χ2v) is 11.5. The molecule has 2 saturated heterocycles. The zero-order chi connectivity index (χ0) is 26.5. The van der Waals surface area contributed by atoms with Crippen molar-refractivity contribution in [2.24, 2.45) is 0 Å². The molecule has 0 aliphatic carbocycles. The minimum absolute atomic E-state index is 0.0561. The third-order valence-corrected chi connectivity index (χ3v) is 8.86. The van der Waals surface area contributed by atoms with E-state index in [-0.39, 0.29) is 17.7 Å². The van der Waals surface area contributed by atoms with E-state index in [1.807, 2.05) is 0 Å². The second-order valence-electron chi connectivity index (χ2n) is 8.24. The molecule has 13 heteroatoms. The molecule has 0 radical (unpaired) electrons. The van der Waals surface area contributed by atoms with Crippen molar-refractivity contribution in [3.05, 3.63) is 105 Å². The first-order chi connectivity index (χ1) is 18.5. The van der Waals surface area contributed by atoms with Gasteiger partial charge in [-0.15, -0.1) is 0 Å². The topological polar surface area (TPSA) is 135 Å². The highest BCUT2D eigenvalue weighted by atomic mass is 32.7. The van der Waals surface area contributed by atoms with Gasteiger partial charge in [-0.3, -0.25) is 14.3 Å². The van der Waals surface area contributed by atoms with Gasteiger partial charge in [-0.05, 0) is 24.3 Å². The van der Waals surface area contributed by atoms with Crippen molar-refractivity contribution in [3.8, 4) is 0 Å². The molecular weight excluding hydrogens is 535 g/mol. The molecule has 2 aliphatic heterocycles. The number of rotatable bonds is 8. The quantitative estimate of drug-likeness (QED) is 0.325. The first-order valence-electron chi connectivity index (χ1n) is 11.7. The molecule has 5 rings (SSSR count). The molecule has 1 N–H and O–H groups in total. The highest BCUT2D eigenvalue weighted by Crippen LogP contribution is 2.56. The van der Waals surface area contributed by atoms with Crippen molar-refractivity contribution >= 4 is 30.9 Å². The maximum Gasteiger partial charge on any atom is 0.338 e. The van der Waals surface area contributed by atoms with Gasteiger partial charge in [0, 0.05) is 18.0 Å². The molecule has 1 unspecified atom stereocenters. The Morgan fingerprint density at radius 3 is 2.16 bits per heavy atom. The van der Waals surface area contributed by atoms with Crippen molar-refractivity contribution in [1.82, 2.24) is 9.55 Å². The average molecular weight is 559 g/mol. The summed E-state index contributed by atoms with van der Waals surface area (Å²) in [5.74, 6) is -0.587. The SMILES string of the molecule is O=C(O[C@@H]1[C@H](OC(=O)c2ccccc2)[C@@H](COP2OCCS2)O[C@H]1n1ccc(=O)[nH]c1=O)c1ccccc1. The lowest BCUT2D eigenvalue weighted by atomic mass is 10.1. The molecule has 2 fully saturated rings. The molecule has 2 aromatic carbocycles. The summed E-state index contributed by atoms with van der Waals surface area (Å²) in [5.41, 5.74) is -0.847. The van der Waals surface area contributed by atoms with Gasteiger partial charge in [-0.1, -0.05) is 47.8 Å². The molecule has 0 spiro atoms. The summed E-state index contributed by atoms with van der Waals surface area (Å²) < 4.78 is 30.3. The summed E-state index contributed by atoms with van der Waals surface area (Å²) in [4.78, 5) is 52.7. The first-order valence-corrected chi connectivity index (χ1v) is 14.4. The van der Waals surface area contributed by atoms with Gasteiger partial charge in [0.2, 0.25) is 7.58 Å². The Balaban J connectivity index is 1.49. The van der Waals surface area contributed by atoms with Gasteiger partial charge < -0.3 is 23.3 Å². The Labute approximate surface area is 221 Å². The number of carbonyl (C=O) groups excluding carboxylic acids is 2. The first kappa shape index (κ1) is 26.3. The lowest BCUT2D eigenvalue weighted by Gasteiger charge is -2.25. The number of nitrogens with one attached hydrogen (secondary N) is 1. The van der Waals surface area contributed by atoms with Gasteiger partial charge in [0.15, 0.2) is 18.4 Å². The predicted molar refractivity (Wildman–Crippen MR) is 138 cm³/mol. The van der Waals surface area contributed by atoms with E-state index in [2.05, 4.69) is 4.98 Å². The average Bonchev–Trinajstić information content (AvgIpc) is 3.57. The van der Waals surface area contributed by atoms with E-state index in [0.29, 0.717) is 6.61 Å². The van der Waals surface area contributed by atoms with Crippen LogP contribution in [0, 0.1) is 0 Å². The van der Waals surface area contributed by atoms with E-state index < -0.39 is 55.3 Å². The van der Waals surface area contributed by atoms with E-state index in [1.165, 1.54) is 17.6 Å². The van der Waals surface area contributed by atoms with Crippen molar-refractivity contribution in [2.75, 3.05) is 19.0 Å². The summed E-state index contributed by atoms with van der Waals surface area (Å²) in [6, 6.07) is 17.7. The van der Waals surface area contributed by atoms with Crippen LogP contribution in [0.1, 0.15) is 26.9 Å². The highest BCUT2D eigenvalue weighted by Gasteiger charge is 2.51. The van der Waals surface area contributed by atoms with Crippen molar-refractivity contribution < 1.29 is 32.8 Å². The van der Waals surface area contributed by atoms with Gasteiger partial charge in [0.05, 0.1) is 24.3 Å². The minimum atomic E-state index is -1.25. The number of hydrogen-bond donors (Lipinski definition) is 1. The fraction of sp³-hybridized carbons (Fsp3) is 0.280. The largest absolute Gasteiger partial charge is 0.452 e. The minimum Gasteiger partial charge on any atom is -0.452 e. The molecule has 2 aliphatic rings. The van der Waals surface area contributed by atoms with Crippen LogP contribution in [-0.4, -0.2) is 58.8 Å². The fourth-order valence-electron chi connectivity index (χ4n) is 3.96. The van der Waals surface area contributed by atoms with Crippen molar-refractivity contribution in [1.29, 1.82) is 0 Å². The number of ether oxygens (including phenoxy) is 3. The number of benzene rings is 2. The van der Waals surface area contributed by atoms with Crippen LogP contribution in [0.3, 0.4) is 0 Å². The third kappa shape index (κ3) is 6.06. The molecule has 198 valence electrons. The maximum absolute atomic E-state index is 13.1. The van der Waals surface area contributed by atoms with E-state index >= 15 is 0 Å². The fourth-order valence-corrected chi connectivity index (χ4v) is 6.65. The molecule has 0 saturated carbocycles. The highest BCUT2D eigenvalue weighted by molar-refractivity contribution is 8.53. The summed E-state index contributed by atoms with van der Waals surface area (Å²) >= 11 is 1.52. The Kier molecular flexibility index (Phi) is 8.35. The number of aromatic nitrogens is 2. The molecule has 3 aromatic rings. The summed E-state index contributed by atoms with van der Waals surface area (Å²) in [6.07, 6.45) is -3.32. The van der Waals surface area contributed by atoms with Crippen molar-refractivity contribution in [3.63, 3.8) is 0 Å². The molecule has 5 atom stereocenters. The van der Waals surface area contributed by atoms with E-state index in [9.17, 15) is 19.2 Å². The van der Waals surface area contributed by atoms with Crippen LogP contribution in [0.15, 0.2) is 82.5 Å². The van der Waals surface area contributed by atoms with Gasteiger partial charge in [-0.2, -0.15) is 0 Å². The van der Waals surface area contributed by atoms with E-state index in [4.69, 9.17) is 23.3 Å². The molecule has 0 amide bonds. The van der Waals surface area contributed by atoms with E-state index in [1.54, 1.807) is 60.7 Å². The van der Waals surface area contributed by atoms with Crippen LogP contribution < -0.4 is 11.2 Å². The Morgan fingerprint density at radius 2 is 1.58 bits per heavy atom. The van der Waals surface area contributed by atoms with Crippen LogP contribution in [0.5, 0.6) is 0 Å². The second kappa shape index (κ2) is 12.1. The Morgan fingerprint density at radius 1 is 0.947 bits per heavy atom. The molecule has 38 heavy (non-hydrogen) atoms. The third-order valence-electron chi connectivity index (χ3n) is 5.74. The monoisotopic (exact) mass is 558 g/mol. The van der Waals surface area contributed by atoms with Crippen LogP contribution in [-0.2, 0) is 23.3 Å². The summed E-state index contributed by atoms with van der Waals surface area (Å²) in [7, 11) is -1.22. The number of H-pyrrole nitrogens is 1. The number of esters is 2. The summed E-state index contributed by atoms with van der Waals surface area (Å²) in [6.45, 7) is 0.500. The zero-order valence-corrected chi connectivity index (χ0v) is 21.5. The van der Waals surface area contributed by atoms with Crippen molar-refractivity contribution in [2.45, 2.75) is 24.5 Å². The van der Waals surface area contributed by atoms with Gasteiger partial charge in [0.25, 0.3) is 5.56 Å². The number of nitrogens with zero attached hydrogens (tertiary/aromatic N) is 1. The normalized spacial score (nSPS) is 24.7. The molecule has 1 aromatic heterocycles. The summed E-state index contributed by atoms with van der Waals surface area (Å²) in [5, 5.41) is 0. The van der Waals surface area contributed by atoms with E-state index in [0.717, 1.165) is 16.4 Å². The smallest absolute Gasteiger partial charge is 0.338 e. The molecular formula is C25H23N2O9PS. The lowest BCUT2D eigenvalue weighted by Crippen LogP contribution is -2.42. The molecule has 3 heterocycles. The van der Waals surface area contributed by atoms with Gasteiger partial charge in [-0.25, -0.2) is 14.4 Å². The zero-order valence-electron chi connectivity index (χ0n) is 19.8. The van der Waals surface area contributed by atoms with Crippen LogP contribution in [0.25, 0.3) is 0 Å². The van der Waals surface area contributed by atoms with Crippen LogP contribution in [0.2, 0.25) is 0 Å². The molecule has 0 bridgehead atoms. The predicted octanol–water partition coefficient (Wildman–Crippen LogP) is 2.89. The van der Waals surface area contributed by atoms with Gasteiger partial charge >= 0.3 is 17.6 Å². The molecule has 11 nitrogen and oxygen atoms in total. The Bertz CT molecular complexity index is 1380. The lowest BCUT2D eigenvalue weighted by molar-refractivity contribution is -0.0578. The maximum atomic E-state index is 13.1. The number of hydrogen-bond acceptors (Lipinski definition) is 10. The number of aromatic amines is 1. The van der Waals surface area contributed by atoms with Gasteiger partial charge in [0.1, 0.15) is 6.10 Å². The standard InChI is InChI=1S/C25H23N2O9PS/c28-19-11-12-27(25(31)26-19)22-21(36-24(30)17-9-5-2-6-10-17)20(35-23(29)16-7-3-1-4-8-16)18(34-22)15-33-37-32-13-14-38-37/h1-12,18,20-22H,13-15H2,(H,26,28,31)/t18-,20-,21-,22-,37?/m1/s1. The van der Waals surface area contributed by atoms with Crippen LogP contribution in [0.4, 0.5) is 0 Å². The van der Waals surface area contributed by atoms with Crippen LogP contribution >= 0.6 is 19.0 Å². The number of carbonyl (C=O) groups is 2. The Hall–Kier alpha value is -3.28.